The predicted octanol–water partition coefficient (Wildman–Crippen LogP) is 4.95. The number of hydrogen-bond acceptors (Lipinski definition) is 3. The quantitative estimate of drug-likeness (QED) is 0.713. The molecule has 2 aromatic rings. The molecule has 1 atom stereocenters. The predicted molar refractivity (Wildman–Crippen MR) is 113 cm³/mol. The number of fused-ring (bicyclic) bond motifs is 3. The van der Waals surface area contributed by atoms with Gasteiger partial charge in [-0.3, -0.25) is 0 Å². The Kier molecular flexibility index (Phi) is 4.76. The van der Waals surface area contributed by atoms with Crippen LogP contribution < -0.4 is 5.32 Å². The molecule has 3 aliphatic carbocycles. The number of nitrogens with one attached hydrogen (secondary N) is 1. The monoisotopic (exact) mass is 405 g/mol. The second-order valence-electron chi connectivity index (χ2n) is 9.22. The SMILES string of the molecule is O=C(N[C@@H](CC1CC2(CCC2)C1)C(=O)O)OCC1c2ccccc2-c2ccccc21. The molecule has 1 amide bonds. The van der Waals surface area contributed by atoms with Gasteiger partial charge in [0.05, 0.1) is 0 Å². The molecule has 2 aromatic carbocycles. The molecular formula is C25H27NO4. The minimum absolute atomic E-state index is 0.0310. The van der Waals surface area contributed by atoms with E-state index in [1.165, 1.54) is 30.4 Å². The summed E-state index contributed by atoms with van der Waals surface area (Å²) in [7, 11) is 0. The van der Waals surface area contributed by atoms with Gasteiger partial charge in [0, 0.05) is 5.92 Å². The Morgan fingerprint density at radius 1 is 1.03 bits per heavy atom. The van der Waals surface area contributed by atoms with Gasteiger partial charge in [0.15, 0.2) is 0 Å². The standard InChI is InChI=1S/C25H27NO4/c27-23(28)22(12-16-13-25(14-16)10-5-11-25)26-24(29)30-15-21-19-8-3-1-6-17(19)18-7-2-4-9-20(18)21/h1-4,6-9,16,21-22H,5,10-15H2,(H,26,29)(H,27,28)/t22-/m0/s1. The number of carboxylic acid groups (broad SMARTS) is 1. The summed E-state index contributed by atoms with van der Waals surface area (Å²) < 4.78 is 5.51. The van der Waals surface area contributed by atoms with E-state index >= 15 is 0 Å². The second kappa shape index (κ2) is 7.46. The Labute approximate surface area is 176 Å². The third kappa shape index (κ3) is 3.36. The van der Waals surface area contributed by atoms with Crippen LogP contribution in [-0.2, 0) is 9.53 Å². The normalized spacial score (nSPS) is 19.9. The van der Waals surface area contributed by atoms with Crippen molar-refractivity contribution in [2.45, 2.75) is 50.5 Å². The van der Waals surface area contributed by atoms with Crippen LogP contribution in [-0.4, -0.2) is 29.8 Å². The van der Waals surface area contributed by atoms with Crippen molar-refractivity contribution in [3.63, 3.8) is 0 Å². The van der Waals surface area contributed by atoms with Crippen LogP contribution in [0.1, 0.15) is 55.6 Å². The van der Waals surface area contributed by atoms with Gasteiger partial charge in [0.25, 0.3) is 0 Å². The summed E-state index contributed by atoms with van der Waals surface area (Å²) in [5.41, 5.74) is 5.11. The van der Waals surface area contributed by atoms with Gasteiger partial charge in [0.2, 0.25) is 0 Å². The van der Waals surface area contributed by atoms with Gasteiger partial charge in [0.1, 0.15) is 12.6 Å². The number of carboxylic acids is 1. The molecule has 0 bridgehead atoms. The number of aliphatic carboxylic acids is 1. The summed E-state index contributed by atoms with van der Waals surface area (Å²) in [6, 6.07) is 15.4. The molecule has 0 heterocycles. The molecule has 3 aliphatic rings. The second-order valence-corrected chi connectivity index (χ2v) is 9.22. The van der Waals surface area contributed by atoms with Gasteiger partial charge in [-0.1, -0.05) is 55.0 Å². The van der Waals surface area contributed by atoms with Gasteiger partial charge in [-0.2, -0.15) is 0 Å². The van der Waals surface area contributed by atoms with E-state index in [0.29, 0.717) is 17.8 Å². The molecule has 2 fully saturated rings. The largest absolute Gasteiger partial charge is 0.480 e. The van der Waals surface area contributed by atoms with E-state index in [-0.39, 0.29) is 12.5 Å². The first-order valence-corrected chi connectivity index (χ1v) is 10.9. The summed E-state index contributed by atoms with van der Waals surface area (Å²) in [5, 5.41) is 12.2. The number of rotatable bonds is 6. The van der Waals surface area contributed by atoms with Gasteiger partial charge < -0.3 is 15.2 Å². The number of carbonyl (C=O) groups excluding carboxylic acids is 1. The lowest BCUT2D eigenvalue weighted by Gasteiger charge is -2.54. The minimum atomic E-state index is -0.988. The summed E-state index contributed by atoms with van der Waals surface area (Å²) in [6.07, 6.45) is 5.89. The maximum atomic E-state index is 12.4. The molecule has 1 spiro atoms. The molecule has 2 N–H and O–H groups in total. The zero-order valence-corrected chi connectivity index (χ0v) is 17.0. The molecule has 30 heavy (non-hydrogen) atoms. The first kappa shape index (κ1) is 19.2. The van der Waals surface area contributed by atoms with Crippen LogP contribution in [0.15, 0.2) is 48.5 Å². The molecule has 156 valence electrons. The van der Waals surface area contributed by atoms with Crippen LogP contribution in [0, 0.1) is 11.3 Å². The zero-order chi connectivity index (χ0) is 20.7. The summed E-state index contributed by atoms with van der Waals surface area (Å²) >= 11 is 0. The molecule has 2 saturated carbocycles. The Hall–Kier alpha value is -2.82. The van der Waals surface area contributed by atoms with E-state index < -0.39 is 18.1 Å². The molecule has 0 aliphatic heterocycles. The van der Waals surface area contributed by atoms with Crippen LogP contribution in [0.5, 0.6) is 0 Å². The van der Waals surface area contributed by atoms with E-state index in [4.69, 9.17) is 4.74 Å². The third-order valence-electron chi connectivity index (χ3n) is 7.36. The smallest absolute Gasteiger partial charge is 0.407 e. The van der Waals surface area contributed by atoms with Crippen molar-refractivity contribution in [1.29, 1.82) is 0 Å². The van der Waals surface area contributed by atoms with Crippen molar-refractivity contribution in [2.24, 2.45) is 11.3 Å². The lowest BCUT2D eigenvalue weighted by Crippen LogP contribution is -2.48. The summed E-state index contributed by atoms with van der Waals surface area (Å²) in [4.78, 5) is 24.1. The highest BCUT2D eigenvalue weighted by Crippen LogP contribution is 2.59. The molecule has 0 radical (unpaired) electrons. The average Bonchev–Trinajstić information content (AvgIpc) is 3.00. The summed E-state index contributed by atoms with van der Waals surface area (Å²) in [5.74, 6) is -0.630. The Balaban J connectivity index is 1.20. The van der Waals surface area contributed by atoms with E-state index in [2.05, 4.69) is 29.6 Å². The van der Waals surface area contributed by atoms with Crippen molar-refractivity contribution >= 4 is 12.1 Å². The van der Waals surface area contributed by atoms with Gasteiger partial charge in [-0.25, -0.2) is 9.59 Å². The van der Waals surface area contributed by atoms with Gasteiger partial charge in [-0.05, 0) is 65.7 Å². The Morgan fingerprint density at radius 3 is 2.17 bits per heavy atom. The topological polar surface area (TPSA) is 75.6 Å². The highest BCUT2D eigenvalue weighted by atomic mass is 16.5. The molecule has 0 aromatic heterocycles. The van der Waals surface area contributed by atoms with Crippen molar-refractivity contribution in [1.82, 2.24) is 5.32 Å². The van der Waals surface area contributed by atoms with Crippen molar-refractivity contribution in [2.75, 3.05) is 6.61 Å². The van der Waals surface area contributed by atoms with Crippen molar-refractivity contribution < 1.29 is 19.4 Å². The molecule has 0 unspecified atom stereocenters. The fourth-order valence-electron chi connectivity index (χ4n) is 5.75. The van der Waals surface area contributed by atoms with Gasteiger partial charge in [-0.15, -0.1) is 0 Å². The van der Waals surface area contributed by atoms with Crippen LogP contribution in [0.25, 0.3) is 11.1 Å². The lowest BCUT2D eigenvalue weighted by atomic mass is 9.51. The zero-order valence-electron chi connectivity index (χ0n) is 17.0. The van der Waals surface area contributed by atoms with E-state index in [0.717, 1.165) is 24.0 Å². The molecule has 0 saturated heterocycles. The Morgan fingerprint density at radius 2 is 1.63 bits per heavy atom. The number of ether oxygens (including phenoxy) is 1. The average molecular weight is 405 g/mol. The molecular weight excluding hydrogens is 378 g/mol. The summed E-state index contributed by atoms with van der Waals surface area (Å²) in [6.45, 7) is 0.193. The van der Waals surface area contributed by atoms with Crippen LogP contribution in [0.2, 0.25) is 0 Å². The van der Waals surface area contributed by atoms with E-state index in [1.807, 2.05) is 24.3 Å². The van der Waals surface area contributed by atoms with E-state index in [9.17, 15) is 14.7 Å². The minimum Gasteiger partial charge on any atom is -0.480 e. The maximum Gasteiger partial charge on any atom is 0.407 e. The Bertz CT molecular complexity index is 927. The van der Waals surface area contributed by atoms with Gasteiger partial charge >= 0.3 is 12.1 Å². The fraction of sp³-hybridized carbons (Fsp3) is 0.440. The van der Waals surface area contributed by atoms with Crippen LogP contribution in [0.3, 0.4) is 0 Å². The third-order valence-corrected chi connectivity index (χ3v) is 7.36. The fourth-order valence-corrected chi connectivity index (χ4v) is 5.75. The highest BCUT2D eigenvalue weighted by molar-refractivity contribution is 5.81. The number of alkyl carbamates (subject to hydrolysis) is 1. The van der Waals surface area contributed by atoms with Crippen molar-refractivity contribution in [3.05, 3.63) is 59.7 Å². The van der Waals surface area contributed by atoms with E-state index in [1.54, 1.807) is 0 Å². The molecule has 5 rings (SSSR count). The van der Waals surface area contributed by atoms with Crippen LogP contribution in [0.4, 0.5) is 4.79 Å². The number of benzene rings is 2. The first-order valence-electron chi connectivity index (χ1n) is 10.9. The van der Waals surface area contributed by atoms with Crippen molar-refractivity contribution in [3.8, 4) is 11.1 Å². The molecule has 5 heteroatoms. The lowest BCUT2D eigenvalue weighted by molar-refractivity contribution is -0.141. The molecule has 5 nitrogen and oxygen atoms in total. The number of amides is 1. The number of hydrogen-bond donors (Lipinski definition) is 2. The number of carbonyl (C=O) groups is 2. The first-order chi connectivity index (χ1) is 14.5. The maximum absolute atomic E-state index is 12.4. The highest BCUT2D eigenvalue weighted by Gasteiger charge is 2.48. The van der Waals surface area contributed by atoms with Crippen LogP contribution >= 0.6 is 0 Å².